The van der Waals surface area contributed by atoms with E-state index in [1.54, 1.807) is 24.3 Å². The van der Waals surface area contributed by atoms with Crippen LogP contribution in [0.1, 0.15) is 65.2 Å². The largest absolute Gasteiger partial charge is 0.494 e. The van der Waals surface area contributed by atoms with Crippen LogP contribution in [0.15, 0.2) is 33.5 Å². The average molecular weight is 415 g/mol. The van der Waals surface area contributed by atoms with Crippen LogP contribution < -0.4 is 5.56 Å². The third-order valence-corrected chi connectivity index (χ3v) is 5.55. The summed E-state index contributed by atoms with van der Waals surface area (Å²) in [4.78, 5) is 25.8. The molecule has 26 heavy (non-hydrogen) atoms. The maximum absolute atomic E-state index is 13.0. The van der Waals surface area contributed by atoms with E-state index in [4.69, 9.17) is 0 Å². The van der Waals surface area contributed by atoms with E-state index in [2.05, 4.69) is 15.9 Å². The van der Waals surface area contributed by atoms with E-state index in [0.29, 0.717) is 5.56 Å². The van der Waals surface area contributed by atoms with Gasteiger partial charge in [0.25, 0.3) is 5.56 Å². The van der Waals surface area contributed by atoms with Gasteiger partial charge in [-0.05, 0) is 49.6 Å². The number of hydrogen-bond donors (Lipinski definition) is 1. The highest BCUT2D eigenvalue weighted by atomic mass is 79.9. The van der Waals surface area contributed by atoms with Crippen LogP contribution in [-0.4, -0.2) is 15.5 Å². The zero-order valence-corrected chi connectivity index (χ0v) is 16.0. The molecule has 0 radical (unpaired) electrons. The Hall–Kier alpha value is -2.39. The Labute approximate surface area is 160 Å². The van der Waals surface area contributed by atoms with Crippen LogP contribution in [0.3, 0.4) is 0 Å². The number of carbonyl (C=O) groups is 1. The molecule has 0 saturated heterocycles. The van der Waals surface area contributed by atoms with E-state index < -0.39 is 11.3 Å². The molecule has 1 aliphatic carbocycles. The number of ketones is 1. The summed E-state index contributed by atoms with van der Waals surface area (Å²) in [6, 6.07) is 8.51. The molecule has 1 heterocycles. The summed E-state index contributed by atoms with van der Waals surface area (Å²) in [5, 5.41) is 20.3. The first-order chi connectivity index (χ1) is 12.5. The van der Waals surface area contributed by atoms with Crippen LogP contribution in [0.25, 0.3) is 0 Å². The van der Waals surface area contributed by atoms with Crippen LogP contribution in [0.2, 0.25) is 0 Å². The number of rotatable bonds is 3. The summed E-state index contributed by atoms with van der Waals surface area (Å²) >= 11 is 3.33. The summed E-state index contributed by atoms with van der Waals surface area (Å²) in [6.45, 7) is 1.54. The van der Waals surface area contributed by atoms with Crippen molar-refractivity contribution in [1.29, 1.82) is 5.26 Å². The molecule has 5 nitrogen and oxygen atoms in total. The van der Waals surface area contributed by atoms with E-state index in [0.717, 1.165) is 36.6 Å². The van der Waals surface area contributed by atoms with Crippen LogP contribution in [0, 0.1) is 18.3 Å². The van der Waals surface area contributed by atoms with Crippen molar-refractivity contribution in [2.45, 2.75) is 45.1 Å². The van der Waals surface area contributed by atoms with Gasteiger partial charge in [0.05, 0.1) is 5.56 Å². The lowest BCUT2D eigenvalue weighted by Gasteiger charge is -2.26. The van der Waals surface area contributed by atoms with Gasteiger partial charge in [0.2, 0.25) is 5.88 Å². The van der Waals surface area contributed by atoms with Crippen LogP contribution in [0.4, 0.5) is 0 Å². The molecule has 0 unspecified atom stereocenters. The first-order valence-electron chi connectivity index (χ1n) is 8.64. The molecule has 0 atom stereocenters. The second-order valence-corrected chi connectivity index (χ2v) is 7.53. The molecule has 1 saturated carbocycles. The molecule has 1 aromatic heterocycles. The molecule has 6 heteroatoms. The van der Waals surface area contributed by atoms with Gasteiger partial charge in [0.1, 0.15) is 11.6 Å². The zero-order chi connectivity index (χ0) is 18.8. The van der Waals surface area contributed by atoms with Gasteiger partial charge >= 0.3 is 0 Å². The van der Waals surface area contributed by atoms with E-state index in [9.17, 15) is 20.0 Å². The lowest BCUT2D eigenvalue weighted by Crippen LogP contribution is -2.31. The number of halogens is 1. The highest BCUT2D eigenvalue weighted by Gasteiger charge is 2.28. The van der Waals surface area contributed by atoms with E-state index >= 15 is 0 Å². The fraction of sp³-hybridized carbons (Fsp3) is 0.350. The Morgan fingerprint density at radius 3 is 2.42 bits per heavy atom. The van der Waals surface area contributed by atoms with Crippen molar-refractivity contribution in [3.8, 4) is 11.9 Å². The number of hydrogen-bond acceptors (Lipinski definition) is 4. The fourth-order valence-corrected chi connectivity index (χ4v) is 3.88. The zero-order valence-electron chi connectivity index (χ0n) is 14.5. The maximum Gasteiger partial charge on any atom is 0.271 e. The normalized spacial score (nSPS) is 14.8. The topological polar surface area (TPSA) is 83.1 Å². The summed E-state index contributed by atoms with van der Waals surface area (Å²) in [5.74, 6) is -0.722. The lowest BCUT2D eigenvalue weighted by molar-refractivity contribution is 0.103. The van der Waals surface area contributed by atoms with Crippen molar-refractivity contribution in [2.24, 2.45) is 0 Å². The quantitative estimate of drug-likeness (QED) is 0.761. The molecule has 1 aliphatic rings. The third-order valence-electron chi connectivity index (χ3n) is 5.02. The predicted molar refractivity (Wildman–Crippen MR) is 102 cm³/mol. The molecule has 0 aliphatic heterocycles. The number of benzene rings is 1. The van der Waals surface area contributed by atoms with Gasteiger partial charge in [-0.15, -0.1) is 0 Å². The molecular weight excluding hydrogens is 396 g/mol. The number of aromatic nitrogens is 1. The Balaban J connectivity index is 2.21. The monoisotopic (exact) mass is 414 g/mol. The van der Waals surface area contributed by atoms with Gasteiger partial charge in [-0.25, -0.2) is 0 Å². The molecule has 1 fully saturated rings. The van der Waals surface area contributed by atoms with E-state index in [1.807, 2.05) is 6.07 Å². The van der Waals surface area contributed by atoms with Gasteiger partial charge in [0, 0.05) is 16.1 Å². The second kappa shape index (κ2) is 7.46. The maximum atomic E-state index is 13.0. The van der Waals surface area contributed by atoms with E-state index in [-0.39, 0.29) is 28.6 Å². The van der Waals surface area contributed by atoms with Crippen molar-refractivity contribution < 1.29 is 9.90 Å². The summed E-state index contributed by atoms with van der Waals surface area (Å²) in [6.07, 6.45) is 4.53. The Bertz CT molecular complexity index is 949. The molecule has 1 N–H and O–H groups in total. The summed E-state index contributed by atoms with van der Waals surface area (Å²) < 4.78 is 2.09. The average Bonchev–Trinajstić information content (AvgIpc) is 2.63. The number of pyridine rings is 1. The molecule has 1 aromatic carbocycles. The molecule has 0 bridgehead atoms. The summed E-state index contributed by atoms with van der Waals surface area (Å²) in [5.41, 5.74) is 0.0731. The Morgan fingerprint density at radius 2 is 1.85 bits per heavy atom. The fourth-order valence-electron chi connectivity index (χ4n) is 3.62. The van der Waals surface area contributed by atoms with Gasteiger partial charge in [-0.2, -0.15) is 5.26 Å². The molecule has 0 spiro atoms. The van der Waals surface area contributed by atoms with Crippen molar-refractivity contribution in [2.75, 3.05) is 0 Å². The van der Waals surface area contributed by atoms with Crippen molar-refractivity contribution in [3.63, 3.8) is 0 Å². The summed E-state index contributed by atoms with van der Waals surface area (Å²) in [7, 11) is 0. The Kier molecular flexibility index (Phi) is 5.28. The van der Waals surface area contributed by atoms with Gasteiger partial charge in [-0.3, -0.25) is 14.2 Å². The molecule has 134 valence electrons. The van der Waals surface area contributed by atoms with Crippen molar-refractivity contribution in [1.82, 2.24) is 4.57 Å². The predicted octanol–water partition coefficient (Wildman–Crippen LogP) is 4.23. The highest BCUT2D eigenvalue weighted by molar-refractivity contribution is 9.10. The van der Waals surface area contributed by atoms with Crippen LogP contribution in [-0.2, 0) is 0 Å². The number of nitriles is 1. The van der Waals surface area contributed by atoms with Gasteiger partial charge in [-0.1, -0.05) is 35.2 Å². The van der Waals surface area contributed by atoms with Crippen LogP contribution >= 0.6 is 15.9 Å². The lowest BCUT2D eigenvalue weighted by atomic mass is 9.93. The van der Waals surface area contributed by atoms with E-state index in [1.165, 1.54) is 11.5 Å². The molecular formula is C20H19BrN2O3. The van der Waals surface area contributed by atoms with Gasteiger partial charge in [0.15, 0.2) is 5.78 Å². The minimum Gasteiger partial charge on any atom is -0.494 e. The highest BCUT2D eigenvalue weighted by Crippen LogP contribution is 2.33. The minimum absolute atomic E-state index is 0.0362. The van der Waals surface area contributed by atoms with Crippen molar-refractivity contribution >= 4 is 21.7 Å². The first-order valence-corrected chi connectivity index (χ1v) is 9.43. The van der Waals surface area contributed by atoms with Crippen molar-refractivity contribution in [3.05, 3.63) is 61.3 Å². The number of carbonyl (C=O) groups excluding carboxylic acids is 1. The Morgan fingerprint density at radius 1 is 1.23 bits per heavy atom. The number of nitrogens with zero attached hydrogens (tertiary/aromatic N) is 2. The second-order valence-electron chi connectivity index (χ2n) is 6.61. The van der Waals surface area contributed by atoms with Crippen LogP contribution in [0.5, 0.6) is 5.88 Å². The standard InChI is InChI=1S/C20H19BrN2O3/c1-12-16(11-22)19(25)23(15-5-3-2-4-6-15)20(26)17(12)18(24)13-7-9-14(21)10-8-13/h7-10,15,26H,2-6H2,1H3. The first kappa shape index (κ1) is 18.4. The molecule has 2 aromatic rings. The van der Waals surface area contributed by atoms with Gasteiger partial charge < -0.3 is 5.11 Å². The number of aromatic hydroxyl groups is 1. The SMILES string of the molecule is Cc1c(C(=O)c2ccc(Br)cc2)c(O)n(C2CCCCC2)c(=O)c1C#N. The minimum atomic E-state index is -0.512. The molecule has 0 amide bonds. The third kappa shape index (κ3) is 3.19. The molecule has 3 rings (SSSR count). The smallest absolute Gasteiger partial charge is 0.271 e.